The Kier molecular flexibility index (Phi) is 4.46. The molecule has 1 atom stereocenters. The second-order valence-corrected chi connectivity index (χ2v) is 8.07. The number of carbonyl (C=O) groups excluding carboxylic acids is 1. The lowest BCUT2D eigenvalue weighted by atomic mass is 9.97. The minimum absolute atomic E-state index is 0.0160. The fourth-order valence-corrected chi connectivity index (χ4v) is 4.56. The van der Waals surface area contributed by atoms with Gasteiger partial charge in [0.05, 0.1) is 18.9 Å². The van der Waals surface area contributed by atoms with Gasteiger partial charge in [0.2, 0.25) is 5.95 Å². The van der Waals surface area contributed by atoms with Crippen molar-refractivity contribution < 1.29 is 13.9 Å². The molecule has 4 aromatic rings. The zero-order valence-corrected chi connectivity index (χ0v) is 17.2. The Bertz CT molecular complexity index is 1310. The maximum Gasteiger partial charge on any atom is 0.225 e. The van der Waals surface area contributed by atoms with E-state index < -0.39 is 5.82 Å². The molecule has 0 bridgehead atoms. The van der Waals surface area contributed by atoms with Crippen molar-refractivity contribution in [1.82, 2.24) is 19.4 Å². The molecule has 4 heterocycles. The third-order valence-corrected chi connectivity index (χ3v) is 6.18. The van der Waals surface area contributed by atoms with Gasteiger partial charge in [0.25, 0.3) is 0 Å². The highest BCUT2D eigenvalue weighted by Gasteiger charge is 2.35. The molecule has 1 fully saturated rings. The molecule has 32 heavy (non-hydrogen) atoms. The van der Waals surface area contributed by atoms with Gasteiger partial charge >= 0.3 is 0 Å². The normalized spacial score (nSPS) is 18.3. The number of ether oxygens (including phenoxy) is 1. The third kappa shape index (κ3) is 3.06. The number of rotatable bonds is 3. The van der Waals surface area contributed by atoms with Crippen LogP contribution < -0.4 is 4.90 Å². The van der Waals surface area contributed by atoms with Gasteiger partial charge in [0.15, 0.2) is 5.78 Å². The number of ketones is 1. The minimum atomic E-state index is -0.424. The first-order chi connectivity index (χ1) is 15.7. The summed E-state index contributed by atoms with van der Waals surface area (Å²) in [5.41, 5.74) is 3.65. The summed E-state index contributed by atoms with van der Waals surface area (Å²) in [4.78, 5) is 28.0. The van der Waals surface area contributed by atoms with Crippen molar-refractivity contribution in [2.24, 2.45) is 0 Å². The number of benzene rings is 1. The lowest BCUT2D eigenvalue weighted by Gasteiger charge is -2.26. The van der Waals surface area contributed by atoms with Crippen molar-refractivity contribution in [3.63, 3.8) is 0 Å². The molecule has 0 unspecified atom stereocenters. The van der Waals surface area contributed by atoms with Gasteiger partial charge < -0.3 is 14.0 Å². The number of aromatic nitrogens is 4. The smallest absolute Gasteiger partial charge is 0.225 e. The van der Waals surface area contributed by atoms with E-state index in [1.165, 1.54) is 6.07 Å². The lowest BCUT2D eigenvalue weighted by molar-refractivity contribution is 0.0987. The van der Waals surface area contributed by atoms with Gasteiger partial charge in [-0.2, -0.15) is 0 Å². The van der Waals surface area contributed by atoms with Crippen LogP contribution in [0.3, 0.4) is 0 Å². The standard InChI is InChI=1S/C24H20FN5O2/c25-19-11-21-28-22-20(31)10-17(15-4-2-1-3-5-15)23(22)30(21)14-18(19)16-12-26-24(27-13-16)29-6-8-32-9-7-29/h1-5,11-14,17H,6-10H2/t17-/m0/s1. The van der Waals surface area contributed by atoms with Crippen LogP contribution in [0.4, 0.5) is 10.3 Å². The number of hydrogen-bond donors (Lipinski definition) is 0. The van der Waals surface area contributed by atoms with E-state index in [-0.39, 0.29) is 11.7 Å². The van der Waals surface area contributed by atoms with Crippen LogP contribution in [0.25, 0.3) is 16.8 Å². The van der Waals surface area contributed by atoms with E-state index in [0.29, 0.717) is 48.1 Å². The van der Waals surface area contributed by atoms with Crippen molar-refractivity contribution in [2.45, 2.75) is 12.3 Å². The average Bonchev–Trinajstić information content (AvgIpc) is 3.36. The van der Waals surface area contributed by atoms with Gasteiger partial charge in [-0.15, -0.1) is 0 Å². The fourth-order valence-electron chi connectivity index (χ4n) is 4.56. The zero-order valence-electron chi connectivity index (χ0n) is 17.2. The molecule has 1 saturated heterocycles. The summed E-state index contributed by atoms with van der Waals surface area (Å²) in [6.07, 6.45) is 5.35. The van der Waals surface area contributed by atoms with E-state index >= 15 is 4.39 Å². The van der Waals surface area contributed by atoms with Gasteiger partial charge in [-0.3, -0.25) is 4.79 Å². The molecule has 0 radical (unpaired) electrons. The molecule has 8 heteroatoms. The first-order valence-electron chi connectivity index (χ1n) is 10.6. The van der Waals surface area contributed by atoms with Crippen LogP contribution >= 0.6 is 0 Å². The Morgan fingerprint density at radius 2 is 1.81 bits per heavy atom. The number of carbonyl (C=O) groups is 1. The Morgan fingerprint density at radius 3 is 2.56 bits per heavy atom. The highest BCUT2D eigenvalue weighted by Crippen LogP contribution is 2.39. The molecule has 7 nitrogen and oxygen atoms in total. The molecule has 0 saturated carbocycles. The fraction of sp³-hybridized carbons (Fsp3) is 0.250. The molecule has 0 N–H and O–H groups in total. The molecule has 160 valence electrons. The molecule has 0 amide bonds. The second kappa shape index (κ2) is 7.49. The molecule has 6 rings (SSSR count). The Morgan fingerprint density at radius 1 is 1.06 bits per heavy atom. The third-order valence-electron chi connectivity index (χ3n) is 6.18. The van der Waals surface area contributed by atoms with Gasteiger partial charge in [0, 0.05) is 61.2 Å². The largest absolute Gasteiger partial charge is 0.378 e. The Hall–Kier alpha value is -3.65. The van der Waals surface area contributed by atoms with Crippen LogP contribution in [-0.2, 0) is 4.74 Å². The topological polar surface area (TPSA) is 72.6 Å². The number of fused-ring (bicyclic) bond motifs is 3. The molecule has 1 aromatic carbocycles. The first kappa shape index (κ1) is 19.1. The number of hydrogen-bond acceptors (Lipinski definition) is 6. The number of anilines is 1. The molecular weight excluding hydrogens is 409 g/mol. The van der Waals surface area contributed by atoms with Crippen LogP contribution in [0.15, 0.2) is 55.0 Å². The number of pyridine rings is 1. The number of Topliss-reactive ketones (excluding diaryl/α,β-unsaturated/α-hetero) is 1. The number of halogens is 1. The Balaban J connectivity index is 1.43. The molecule has 1 aliphatic carbocycles. The first-order valence-corrected chi connectivity index (χ1v) is 10.6. The molecular formula is C24H20FN5O2. The van der Waals surface area contributed by atoms with E-state index in [1.54, 1.807) is 18.6 Å². The van der Waals surface area contributed by atoms with E-state index in [9.17, 15) is 4.79 Å². The summed E-state index contributed by atoms with van der Waals surface area (Å²) in [5.74, 6) is 0.0640. The highest BCUT2D eigenvalue weighted by molar-refractivity contribution is 6.00. The lowest BCUT2D eigenvalue weighted by Crippen LogP contribution is -2.37. The summed E-state index contributed by atoms with van der Waals surface area (Å²) in [7, 11) is 0. The predicted octanol–water partition coefficient (Wildman–Crippen LogP) is 3.49. The van der Waals surface area contributed by atoms with E-state index in [2.05, 4.69) is 15.0 Å². The van der Waals surface area contributed by atoms with Crippen molar-refractivity contribution >= 4 is 17.4 Å². The maximum absolute atomic E-state index is 15.0. The number of nitrogens with zero attached hydrogens (tertiary/aromatic N) is 5. The summed E-state index contributed by atoms with van der Waals surface area (Å²) >= 11 is 0. The maximum atomic E-state index is 15.0. The Labute approximate surface area is 183 Å². The van der Waals surface area contributed by atoms with Crippen molar-refractivity contribution in [2.75, 3.05) is 31.2 Å². The predicted molar refractivity (Wildman–Crippen MR) is 116 cm³/mol. The van der Waals surface area contributed by atoms with Crippen molar-refractivity contribution in [3.8, 4) is 11.1 Å². The van der Waals surface area contributed by atoms with E-state index in [1.807, 2.05) is 39.6 Å². The molecule has 3 aromatic heterocycles. The summed E-state index contributed by atoms with van der Waals surface area (Å²) < 4.78 is 22.2. The van der Waals surface area contributed by atoms with Crippen LogP contribution in [0.5, 0.6) is 0 Å². The van der Waals surface area contributed by atoms with Crippen LogP contribution in [0.1, 0.15) is 34.1 Å². The van der Waals surface area contributed by atoms with Gasteiger partial charge in [-0.1, -0.05) is 30.3 Å². The molecule has 1 aliphatic heterocycles. The summed E-state index contributed by atoms with van der Waals surface area (Å²) in [5, 5.41) is 0. The van der Waals surface area contributed by atoms with E-state index in [4.69, 9.17) is 4.74 Å². The highest BCUT2D eigenvalue weighted by atomic mass is 19.1. The SMILES string of the molecule is O=C1C[C@@H](c2ccccc2)c2c1nc1cc(F)c(-c3cnc(N4CCOCC4)nc3)cn21. The van der Waals surface area contributed by atoms with Crippen LogP contribution in [0.2, 0.25) is 0 Å². The van der Waals surface area contributed by atoms with Crippen LogP contribution in [-0.4, -0.2) is 51.4 Å². The quantitative estimate of drug-likeness (QED) is 0.497. The monoisotopic (exact) mass is 429 g/mol. The van der Waals surface area contributed by atoms with Gasteiger partial charge in [-0.25, -0.2) is 19.3 Å². The summed E-state index contributed by atoms with van der Waals surface area (Å²) in [6, 6.07) is 11.3. The van der Waals surface area contributed by atoms with Gasteiger partial charge in [-0.05, 0) is 5.56 Å². The average molecular weight is 429 g/mol. The van der Waals surface area contributed by atoms with Gasteiger partial charge in [0.1, 0.15) is 17.2 Å². The van der Waals surface area contributed by atoms with Crippen LogP contribution in [0, 0.1) is 5.82 Å². The number of morpholine rings is 1. The van der Waals surface area contributed by atoms with Crippen molar-refractivity contribution in [1.29, 1.82) is 0 Å². The molecule has 2 aliphatic rings. The second-order valence-electron chi connectivity index (χ2n) is 8.07. The molecule has 0 spiro atoms. The van der Waals surface area contributed by atoms with Crippen molar-refractivity contribution in [3.05, 3.63) is 77.8 Å². The van der Waals surface area contributed by atoms with E-state index in [0.717, 1.165) is 24.3 Å². The summed E-state index contributed by atoms with van der Waals surface area (Å²) in [6.45, 7) is 2.75. The zero-order chi connectivity index (χ0) is 21.7. The number of imidazole rings is 1. The minimum Gasteiger partial charge on any atom is -0.378 e.